The van der Waals surface area contributed by atoms with Gasteiger partial charge in [0.2, 0.25) is 0 Å². The number of nitrogens with zero attached hydrogens (tertiary/aromatic N) is 1. The van der Waals surface area contributed by atoms with Crippen molar-refractivity contribution in [2.45, 2.75) is 79.5 Å². The second kappa shape index (κ2) is 10.5. The van der Waals surface area contributed by atoms with Gasteiger partial charge in [-0.3, -0.25) is 0 Å². The number of rotatable bonds is 11. The normalized spacial score (nSPS) is 11.7. The average Bonchev–Trinajstić information content (AvgIpc) is 2.54. The van der Waals surface area contributed by atoms with Crippen molar-refractivity contribution < 1.29 is 0 Å². The maximum absolute atomic E-state index is 5.07. The summed E-state index contributed by atoms with van der Waals surface area (Å²) in [6.45, 7) is 9.22. The zero-order valence-corrected chi connectivity index (χ0v) is 18.3. The van der Waals surface area contributed by atoms with Gasteiger partial charge in [0.15, 0.2) is 0 Å². The summed E-state index contributed by atoms with van der Waals surface area (Å²) in [5.41, 5.74) is 1.37. The Hall–Kier alpha value is -0.251. The molecule has 0 aromatic carbocycles. The Bertz CT molecular complexity index is 410. The van der Waals surface area contributed by atoms with Gasteiger partial charge in [-0.2, -0.15) is 0 Å². The van der Waals surface area contributed by atoms with Gasteiger partial charge in [-0.1, -0.05) is 0 Å². The zero-order chi connectivity index (χ0) is 16.4. The molecule has 0 spiro atoms. The average molecular weight is 411 g/mol. The predicted molar refractivity (Wildman–Crippen MR) is 103 cm³/mol. The quantitative estimate of drug-likeness (QED) is 0.488. The summed E-state index contributed by atoms with van der Waals surface area (Å²) in [6.07, 6.45) is 8.15. The molecule has 1 heterocycles. The topological polar surface area (TPSA) is 24.9 Å². The maximum atomic E-state index is 5.07. The van der Waals surface area contributed by atoms with E-state index in [1.54, 1.807) is 0 Å². The van der Waals surface area contributed by atoms with Crippen LogP contribution in [-0.4, -0.2) is 30.4 Å². The van der Waals surface area contributed by atoms with Gasteiger partial charge in [-0.05, 0) is 0 Å². The molecule has 0 aliphatic rings. The third-order valence-electron chi connectivity index (χ3n) is 4.80. The van der Waals surface area contributed by atoms with Crippen molar-refractivity contribution in [2.24, 2.45) is 0 Å². The van der Waals surface area contributed by atoms with E-state index in [1.165, 1.54) is 61.1 Å². The molecule has 0 bridgehead atoms. The van der Waals surface area contributed by atoms with Gasteiger partial charge < -0.3 is 0 Å². The number of pyridine rings is 1. The van der Waals surface area contributed by atoms with Gasteiger partial charge >= 0.3 is 142 Å². The predicted octanol–water partition coefficient (Wildman–Crippen LogP) is 5.49. The third-order valence-corrected chi connectivity index (χ3v) is 19.9. The van der Waals surface area contributed by atoms with Gasteiger partial charge in [0.1, 0.15) is 0 Å². The van der Waals surface area contributed by atoms with E-state index in [4.69, 9.17) is 4.98 Å². The number of aromatic nitrogens is 1. The summed E-state index contributed by atoms with van der Waals surface area (Å²) < 4.78 is 6.01. The van der Waals surface area contributed by atoms with Crippen LogP contribution < -0.4 is 9.03 Å². The van der Waals surface area contributed by atoms with E-state index in [1.807, 2.05) is 7.05 Å². The molecule has 2 nitrogen and oxygen atoms in total. The number of hydrogen-bond donors (Lipinski definition) is 1. The summed E-state index contributed by atoms with van der Waals surface area (Å²) in [4.78, 5) is 5.07. The molecule has 126 valence electrons. The first-order valence-electron chi connectivity index (χ1n) is 9.28. The first-order chi connectivity index (χ1) is 10.6. The summed E-state index contributed by atoms with van der Waals surface area (Å²) in [7, 11) is 1.99. The summed E-state index contributed by atoms with van der Waals surface area (Å²) in [5.74, 6) is 1.07. The van der Waals surface area contributed by atoms with E-state index in [9.17, 15) is 0 Å². The molecule has 0 fully saturated rings. The summed E-state index contributed by atoms with van der Waals surface area (Å²) in [5, 5.41) is 3.27. The van der Waals surface area contributed by atoms with E-state index in [0.29, 0.717) is 0 Å². The van der Waals surface area contributed by atoms with E-state index >= 15 is 0 Å². The fourth-order valence-electron chi connectivity index (χ4n) is 3.37. The molecular weight excluding hydrogens is 375 g/mol. The van der Waals surface area contributed by atoms with Crippen molar-refractivity contribution in [3.8, 4) is 0 Å². The monoisotopic (exact) mass is 412 g/mol. The molecule has 0 atom stereocenters. The third kappa shape index (κ3) is 5.75. The van der Waals surface area contributed by atoms with Crippen molar-refractivity contribution in [1.29, 1.82) is 0 Å². The molecule has 0 amide bonds. The number of aryl methyl sites for hydroxylation is 1. The van der Waals surface area contributed by atoms with Crippen LogP contribution >= 0.6 is 0 Å². The number of hydrogen-bond acceptors (Lipinski definition) is 2. The van der Waals surface area contributed by atoms with Crippen LogP contribution in [0.3, 0.4) is 0 Å². The molecule has 0 unspecified atom stereocenters. The van der Waals surface area contributed by atoms with E-state index in [2.05, 4.69) is 45.1 Å². The van der Waals surface area contributed by atoms with E-state index in [0.717, 1.165) is 5.82 Å². The van der Waals surface area contributed by atoms with Gasteiger partial charge in [0.05, 0.1) is 0 Å². The minimum atomic E-state index is -2.36. The molecule has 0 aliphatic heterocycles. The van der Waals surface area contributed by atoms with Gasteiger partial charge in [0, 0.05) is 0 Å². The Morgan fingerprint density at radius 3 is 1.82 bits per heavy atom. The molecule has 0 aliphatic carbocycles. The molecular formula is C19H36N2Sn. The van der Waals surface area contributed by atoms with Crippen LogP contribution in [0.4, 0.5) is 5.82 Å². The van der Waals surface area contributed by atoms with Crippen molar-refractivity contribution in [1.82, 2.24) is 4.98 Å². The first kappa shape index (κ1) is 19.8. The Balaban J connectivity index is 3.20. The molecule has 0 radical (unpaired) electrons. The van der Waals surface area contributed by atoms with Crippen LogP contribution in [0, 0.1) is 6.92 Å². The van der Waals surface area contributed by atoms with Crippen LogP contribution in [-0.2, 0) is 0 Å². The number of nitrogens with one attached hydrogen (secondary N) is 1. The van der Waals surface area contributed by atoms with E-state index < -0.39 is 18.4 Å². The Morgan fingerprint density at radius 1 is 0.909 bits per heavy atom. The van der Waals surface area contributed by atoms with Crippen molar-refractivity contribution in [2.75, 3.05) is 12.4 Å². The fourth-order valence-corrected chi connectivity index (χ4v) is 19.1. The van der Waals surface area contributed by atoms with Crippen molar-refractivity contribution in [3.63, 3.8) is 0 Å². The van der Waals surface area contributed by atoms with Crippen LogP contribution in [0.1, 0.15) is 64.9 Å². The first-order valence-corrected chi connectivity index (χ1v) is 16.8. The van der Waals surface area contributed by atoms with Gasteiger partial charge in [0.25, 0.3) is 0 Å². The Morgan fingerprint density at radius 2 is 1.41 bits per heavy atom. The molecule has 1 aromatic heterocycles. The number of anilines is 1. The van der Waals surface area contributed by atoms with Crippen molar-refractivity contribution in [3.05, 3.63) is 17.7 Å². The zero-order valence-electron chi connectivity index (χ0n) is 15.5. The van der Waals surface area contributed by atoms with E-state index in [-0.39, 0.29) is 0 Å². The second-order valence-electron chi connectivity index (χ2n) is 6.76. The molecule has 3 heteroatoms. The molecule has 1 rings (SSSR count). The van der Waals surface area contributed by atoms with Crippen LogP contribution in [0.2, 0.25) is 13.3 Å². The SMILES string of the molecule is CCC[CH2][Sn]([CH2]CCC)([CH2]CCC)[c]1cc(C)cc(NC)n1. The molecule has 0 saturated heterocycles. The van der Waals surface area contributed by atoms with Crippen LogP contribution in [0.5, 0.6) is 0 Å². The Kier molecular flexibility index (Phi) is 9.46. The molecule has 22 heavy (non-hydrogen) atoms. The Labute approximate surface area is 142 Å². The van der Waals surface area contributed by atoms with Crippen LogP contribution in [0.25, 0.3) is 0 Å². The van der Waals surface area contributed by atoms with Crippen molar-refractivity contribution >= 4 is 27.9 Å². The summed E-state index contributed by atoms with van der Waals surface area (Å²) >= 11 is -2.36. The fraction of sp³-hybridized carbons (Fsp3) is 0.737. The van der Waals surface area contributed by atoms with Gasteiger partial charge in [-0.25, -0.2) is 0 Å². The standard InChI is InChI=1S/C7H9N2.3C4H9.Sn/c1-6-3-4-9-7(5-6)8-2;3*1-3-4-2;/h3,5H,1-2H3,(H,8,9);3*1,3-4H2,2H3;. The molecule has 1 N–H and O–H groups in total. The minimum absolute atomic E-state index is 1.07. The number of unbranched alkanes of at least 4 members (excludes halogenated alkanes) is 3. The summed E-state index contributed by atoms with van der Waals surface area (Å²) in [6, 6.07) is 4.61. The van der Waals surface area contributed by atoms with Crippen LogP contribution in [0.15, 0.2) is 12.1 Å². The molecule has 0 saturated carbocycles. The van der Waals surface area contributed by atoms with Gasteiger partial charge in [-0.15, -0.1) is 0 Å². The molecule has 1 aromatic rings. The second-order valence-corrected chi connectivity index (χ2v) is 19.8.